The van der Waals surface area contributed by atoms with E-state index in [4.69, 9.17) is 4.74 Å². The minimum atomic E-state index is -0.343. The highest BCUT2D eigenvalue weighted by Crippen LogP contribution is 2.20. The van der Waals surface area contributed by atoms with Crippen molar-refractivity contribution in [1.29, 1.82) is 0 Å². The Balaban J connectivity index is 2.21. The zero-order valence-electron chi connectivity index (χ0n) is 12.8. The molecule has 7 nitrogen and oxygen atoms in total. The Morgan fingerprint density at radius 2 is 2.33 bits per heavy atom. The lowest BCUT2D eigenvalue weighted by atomic mass is 10.2. The van der Waals surface area contributed by atoms with Gasteiger partial charge in [-0.15, -0.1) is 0 Å². The van der Waals surface area contributed by atoms with Crippen LogP contribution in [-0.2, 0) is 9.53 Å². The molecule has 1 aromatic rings. The first-order valence-corrected chi connectivity index (χ1v) is 7.31. The minimum Gasteiger partial charge on any atom is -0.377 e. The van der Waals surface area contributed by atoms with Crippen LogP contribution in [0.1, 0.15) is 19.2 Å². The highest BCUT2D eigenvalue weighted by molar-refractivity contribution is 5.85. The maximum Gasteiger partial charge on any atom is 0.245 e. The molecule has 1 unspecified atom stereocenters. The zero-order chi connectivity index (χ0) is 15.2. The lowest BCUT2D eigenvalue weighted by molar-refractivity contribution is -0.124. The average molecular weight is 293 g/mol. The summed E-state index contributed by atoms with van der Waals surface area (Å²) in [6, 6.07) is 1.52. The van der Waals surface area contributed by atoms with E-state index in [1.54, 1.807) is 0 Å². The molecule has 0 spiro atoms. The molecule has 2 heterocycles. The topological polar surface area (TPSA) is 79.4 Å². The van der Waals surface area contributed by atoms with Crippen LogP contribution in [0.25, 0.3) is 0 Å². The van der Waals surface area contributed by atoms with E-state index < -0.39 is 0 Å². The van der Waals surface area contributed by atoms with Crippen molar-refractivity contribution in [2.75, 3.05) is 43.6 Å². The fourth-order valence-corrected chi connectivity index (χ4v) is 2.29. The number of aryl methyl sites for hydroxylation is 1. The van der Waals surface area contributed by atoms with Crippen molar-refractivity contribution in [3.05, 3.63) is 11.9 Å². The van der Waals surface area contributed by atoms with Crippen molar-refractivity contribution in [3.8, 4) is 0 Å². The minimum absolute atomic E-state index is 0.0150. The lowest BCUT2D eigenvalue weighted by Crippen LogP contribution is -2.54. The SMILES string of the molecule is CCCNC(=O)C1COCCN1c1cc(NC)nc(C)n1. The van der Waals surface area contributed by atoms with Gasteiger partial charge < -0.3 is 20.3 Å². The number of carbonyl (C=O) groups excluding carboxylic acids is 1. The Bertz CT molecular complexity index is 494. The first-order chi connectivity index (χ1) is 10.2. The van der Waals surface area contributed by atoms with Crippen molar-refractivity contribution < 1.29 is 9.53 Å². The van der Waals surface area contributed by atoms with Gasteiger partial charge in [0.1, 0.15) is 23.5 Å². The van der Waals surface area contributed by atoms with Crippen LogP contribution < -0.4 is 15.5 Å². The van der Waals surface area contributed by atoms with Crippen LogP contribution in [0.15, 0.2) is 6.07 Å². The molecule has 1 atom stereocenters. The predicted octanol–water partition coefficient (Wildman–Crippen LogP) is 0.558. The van der Waals surface area contributed by atoms with Crippen LogP contribution in [0.4, 0.5) is 11.6 Å². The van der Waals surface area contributed by atoms with E-state index in [2.05, 4.69) is 20.6 Å². The second-order valence-corrected chi connectivity index (χ2v) is 4.98. The maximum absolute atomic E-state index is 12.3. The summed E-state index contributed by atoms with van der Waals surface area (Å²) >= 11 is 0. The maximum atomic E-state index is 12.3. The molecule has 1 fully saturated rings. The van der Waals surface area contributed by atoms with E-state index in [1.165, 1.54) is 0 Å². The van der Waals surface area contributed by atoms with Gasteiger partial charge >= 0.3 is 0 Å². The number of nitrogens with zero attached hydrogens (tertiary/aromatic N) is 3. The van der Waals surface area contributed by atoms with Gasteiger partial charge in [0.05, 0.1) is 13.2 Å². The van der Waals surface area contributed by atoms with Gasteiger partial charge in [-0.1, -0.05) is 6.92 Å². The number of nitrogens with one attached hydrogen (secondary N) is 2. The molecule has 0 radical (unpaired) electrons. The van der Waals surface area contributed by atoms with E-state index in [1.807, 2.05) is 31.9 Å². The molecule has 1 saturated heterocycles. The van der Waals surface area contributed by atoms with Crippen molar-refractivity contribution in [2.45, 2.75) is 26.3 Å². The highest BCUT2D eigenvalue weighted by Gasteiger charge is 2.30. The molecular formula is C14H23N5O2. The average Bonchev–Trinajstić information content (AvgIpc) is 2.51. The summed E-state index contributed by atoms with van der Waals surface area (Å²) < 4.78 is 5.46. The lowest BCUT2D eigenvalue weighted by Gasteiger charge is -2.35. The molecule has 2 N–H and O–H groups in total. The third kappa shape index (κ3) is 3.81. The summed E-state index contributed by atoms with van der Waals surface area (Å²) in [5, 5.41) is 5.94. The Kier molecular flexibility index (Phi) is 5.32. The van der Waals surface area contributed by atoms with Gasteiger partial charge in [-0.3, -0.25) is 4.79 Å². The molecule has 0 aliphatic carbocycles. The Morgan fingerprint density at radius 3 is 3.05 bits per heavy atom. The van der Waals surface area contributed by atoms with Crippen LogP contribution in [0.3, 0.4) is 0 Å². The molecule has 0 saturated carbocycles. The van der Waals surface area contributed by atoms with Gasteiger partial charge in [-0.25, -0.2) is 9.97 Å². The summed E-state index contributed by atoms with van der Waals surface area (Å²) in [4.78, 5) is 23.0. The summed E-state index contributed by atoms with van der Waals surface area (Å²) in [5.74, 6) is 2.17. The normalized spacial score (nSPS) is 18.4. The highest BCUT2D eigenvalue weighted by atomic mass is 16.5. The molecule has 21 heavy (non-hydrogen) atoms. The first kappa shape index (κ1) is 15.5. The van der Waals surface area contributed by atoms with Crippen molar-refractivity contribution >= 4 is 17.5 Å². The Hall–Kier alpha value is -1.89. The largest absolute Gasteiger partial charge is 0.377 e. The Labute approximate surface area is 125 Å². The smallest absolute Gasteiger partial charge is 0.245 e. The standard InChI is InChI=1S/C14H23N5O2/c1-4-5-16-14(20)11-9-21-7-6-19(11)13-8-12(15-3)17-10(2)18-13/h8,11H,4-7,9H2,1-3H3,(H,16,20)(H,15,17,18). The third-order valence-electron chi connectivity index (χ3n) is 3.36. The number of carbonyl (C=O) groups is 1. The van der Waals surface area contributed by atoms with Crippen LogP contribution in [0, 0.1) is 6.92 Å². The van der Waals surface area contributed by atoms with E-state index in [0.717, 1.165) is 18.1 Å². The summed E-state index contributed by atoms with van der Waals surface area (Å²) in [7, 11) is 1.82. The van der Waals surface area contributed by atoms with Crippen LogP contribution in [-0.4, -0.2) is 55.3 Å². The molecular weight excluding hydrogens is 270 g/mol. The molecule has 7 heteroatoms. The molecule has 1 aliphatic heterocycles. The number of hydrogen-bond acceptors (Lipinski definition) is 6. The zero-order valence-corrected chi connectivity index (χ0v) is 12.8. The van der Waals surface area contributed by atoms with Crippen molar-refractivity contribution in [1.82, 2.24) is 15.3 Å². The van der Waals surface area contributed by atoms with Gasteiger partial charge in [-0.2, -0.15) is 0 Å². The number of amides is 1. The molecule has 1 aliphatic rings. The molecule has 116 valence electrons. The van der Waals surface area contributed by atoms with Crippen molar-refractivity contribution in [3.63, 3.8) is 0 Å². The molecule has 1 amide bonds. The number of hydrogen-bond donors (Lipinski definition) is 2. The monoisotopic (exact) mass is 293 g/mol. The van der Waals surface area contributed by atoms with Gasteiger partial charge in [0.2, 0.25) is 5.91 Å². The fraction of sp³-hybridized carbons (Fsp3) is 0.643. The number of morpholine rings is 1. The molecule has 1 aromatic heterocycles. The van der Waals surface area contributed by atoms with Gasteiger partial charge in [-0.05, 0) is 13.3 Å². The van der Waals surface area contributed by atoms with Crippen molar-refractivity contribution in [2.24, 2.45) is 0 Å². The third-order valence-corrected chi connectivity index (χ3v) is 3.36. The Morgan fingerprint density at radius 1 is 1.52 bits per heavy atom. The fourth-order valence-electron chi connectivity index (χ4n) is 2.29. The van der Waals surface area contributed by atoms with Gasteiger partial charge in [0.15, 0.2) is 0 Å². The quantitative estimate of drug-likeness (QED) is 0.826. The van der Waals surface area contributed by atoms with Gasteiger partial charge in [0.25, 0.3) is 0 Å². The summed E-state index contributed by atoms with van der Waals surface area (Å²) in [6.45, 7) is 6.17. The van der Waals surface area contributed by atoms with Crippen LogP contribution in [0.2, 0.25) is 0 Å². The number of rotatable bonds is 5. The molecule has 0 bridgehead atoms. The van der Waals surface area contributed by atoms with E-state index >= 15 is 0 Å². The molecule has 0 aromatic carbocycles. The van der Waals surface area contributed by atoms with E-state index in [-0.39, 0.29) is 11.9 Å². The number of anilines is 2. The predicted molar refractivity (Wildman–Crippen MR) is 81.6 cm³/mol. The van der Waals surface area contributed by atoms with Crippen LogP contribution >= 0.6 is 0 Å². The number of aromatic nitrogens is 2. The van der Waals surface area contributed by atoms with E-state index in [0.29, 0.717) is 32.1 Å². The van der Waals surface area contributed by atoms with Crippen LogP contribution in [0.5, 0.6) is 0 Å². The summed E-state index contributed by atoms with van der Waals surface area (Å²) in [5.41, 5.74) is 0. The molecule has 2 rings (SSSR count). The second kappa shape index (κ2) is 7.21. The van der Waals surface area contributed by atoms with E-state index in [9.17, 15) is 4.79 Å². The number of ether oxygens (including phenoxy) is 1. The second-order valence-electron chi connectivity index (χ2n) is 4.98. The summed E-state index contributed by atoms with van der Waals surface area (Å²) in [6.07, 6.45) is 0.913. The first-order valence-electron chi connectivity index (χ1n) is 7.31. The van der Waals surface area contributed by atoms with Gasteiger partial charge in [0, 0.05) is 26.2 Å².